The van der Waals surface area contributed by atoms with Crippen LogP contribution in [0, 0.1) is 0 Å². The molecule has 0 saturated carbocycles. The van der Waals surface area contributed by atoms with Crippen LogP contribution in [0.1, 0.15) is 5.82 Å². The molecule has 0 bridgehead atoms. The van der Waals surface area contributed by atoms with E-state index in [0.29, 0.717) is 0 Å². The van der Waals surface area contributed by atoms with Gasteiger partial charge in [-0.05, 0) is 0 Å². The molecular formula is C8H13N3. The topological polar surface area (TPSA) is 40.7 Å². The van der Waals surface area contributed by atoms with Gasteiger partial charge >= 0.3 is 0 Å². The maximum atomic E-state index is 4.09. The van der Waals surface area contributed by atoms with Gasteiger partial charge in [-0.2, -0.15) is 0 Å². The van der Waals surface area contributed by atoms with Crippen molar-refractivity contribution in [3.63, 3.8) is 0 Å². The van der Waals surface area contributed by atoms with E-state index < -0.39 is 0 Å². The maximum absolute atomic E-state index is 4.09. The van der Waals surface area contributed by atoms with Crippen LogP contribution in [0.3, 0.4) is 0 Å². The number of H-pyrrole nitrogens is 1. The summed E-state index contributed by atoms with van der Waals surface area (Å²) in [5, 5.41) is 3.20. The highest BCUT2D eigenvalue weighted by Crippen LogP contribution is 1.87. The van der Waals surface area contributed by atoms with E-state index in [4.69, 9.17) is 0 Å². The molecule has 0 radical (unpaired) electrons. The molecule has 3 heteroatoms. The first-order valence-corrected chi connectivity index (χ1v) is 3.73. The van der Waals surface area contributed by atoms with Crippen LogP contribution in [0.2, 0.25) is 0 Å². The Hall–Kier alpha value is -1.09. The number of hydrogen-bond donors (Lipinski definition) is 2. The molecule has 1 rings (SSSR count). The van der Waals surface area contributed by atoms with Crippen molar-refractivity contribution in [2.24, 2.45) is 0 Å². The molecule has 11 heavy (non-hydrogen) atoms. The normalized spacial score (nSPS) is 9.82. The standard InChI is InChI=1S/C8H13N3/c1-2-4-9-5-3-8-10-6-7-11-8/h2,6-7,9H,1,3-5H2,(H,10,11). The number of aromatic nitrogens is 2. The average molecular weight is 151 g/mol. The van der Waals surface area contributed by atoms with Gasteiger partial charge in [-0.3, -0.25) is 0 Å². The molecule has 60 valence electrons. The van der Waals surface area contributed by atoms with Crippen molar-refractivity contribution in [1.82, 2.24) is 15.3 Å². The summed E-state index contributed by atoms with van der Waals surface area (Å²) >= 11 is 0. The highest BCUT2D eigenvalue weighted by molar-refractivity contribution is 4.87. The van der Waals surface area contributed by atoms with Gasteiger partial charge in [0.15, 0.2) is 0 Å². The van der Waals surface area contributed by atoms with Crippen LogP contribution >= 0.6 is 0 Å². The molecule has 1 aromatic heterocycles. The zero-order valence-electron chi connectivity index (χ0n) is 6.51. The summed E-state index contributed by atoms with van der Waals surface area (Å²) in [4.78, 5) is 7.13. The fourth-order valence-electron chi connectivity index (χ4n) is 0.846. The summed E-state index contributed by atoms with van der Waals surface area (Å²) in [6, 6.07) is 0. The quantitative estimate of drug-likeness (QED) is 0.481. The molecule has 0 atom stereocenters. The first-order chi connectivity index (χ1) is 5.43. The zero-order chi connectivity index (χ0) is 7.94. The minimum atomic E-state index is 0.862. The Morgan fingerprint density at radius 1 is 1.73 bits per heavy atom. The van der Waals surface area contributed by atoms with Crippen LogP contribution in [-0.2, 0) is 6.42 Å². The Kier molecular flexibility index (Phi) is 3.41. The molecule has 1 heterocycles. The van der Waals surface area contributed by atoms with Gasteiger partial charge in [0.2, 0.25) is 0 Å². The molecule has 0 aromatic carbocycles. The highest BCUT2D eigenvalue weighted by Gasteiger charge is 1.91. The molecule has 0 aliphatic carbocycles. The highest BCUT2D eigenvalue weighted by atomic mass is 14.9. The van der Waals surface area contributed by atoms with Crippen molar-refractivity contribution < 1.29 is 0 Å². The summed E-state index contributed by atoms with van der Waals surface area (Å²) < 4.78 is 0. The van der Waals surface area contributed by atoms with Crippen LogP contribution in [0.15, 0.2) is 25.0 Å². The van der Waals surface area contributed by atoms with Crippen LogP contribution in [0.25, 0.3) is 0 Å². The third-order valence-corrected chi connectivity index (χ3v) is 1.38. The van der Waals surface area contributed by atoms with E-state index in [-0.39, 0.29) is 0 Å². The number of aromatic amines is 1. The van der Waals surface area contributed by atoms with Crippen LogP contribution in [0.5, 0.6) is 0 Å². The molecule has 2 N–H and O–H groups in total. The number of hydrogen-bond acceptors (Lipinski definition) is 2. The molecule has 0 aliphatic heterocycles. The van der Waals surface area contributed by atoms with Crippen molar-refractivity contribution in [3.8, 4) is 0 Å². The molecule has 3 nitrogen and oxygen atoms in total. The zero-order valence-corrected chi connectivity index (χ0v) is 6.51. The van der Waals surface area contributed by atoms with Crippen molar-refractivity contribution in [3.05, 3.63) is 30.9 Å². The number of rotatable bonds is 5. The number of nitrogens with zero attached hydrogens (tertiary/aromatic N) is 1. The lowest BCUT2D eigenvalue weighted by Crippen LogP contribution is -2.17. The lowest BCUT2D eigenvalue weighted by atomic mass is 10.4. The van der Waals surface area contributed by atoms with E-state index in [9.17, 15) is 0 Å². The van der Waals surface area contributed by atoms with Crippen LogP contribution < -0.4 is 5.32 Å². The van der Waals surface area contributed by atoms with Crippen molar-refractivity contribution in [2.45, 2.75) is 6.42 Å². The summed E-state index contributed by atoms with van der Waals surface area (Å²) in [5.41, 5.74) is 0. The minimum Gasteiger partial charge on any atom is -0.349 e. The molecule has 1 aromatic rings. The Morgan fingerprint density at radius 2 is 2.64 bits per heavy atom. The Bertz CT molecular complexity index is 191. The number of nitrogens with one attached hydrogen (secondary N) is 2. The Labute approximate surface area is 66.5 Å². The smallest absolute Gasteiger partial charge is 0.107 e. The monoisotopic (exact) mass is 151 g/mol. The Balaban J connectivity index is 2.09. The van der Waals surface area contributed by atoms with E-state index in [0.717, 1.165) is 25.3 Å². The Morgan fingerprint density at radius 3 is 3.27 bits per heavy atom. The SMILES string of the molecule is C=CCNCCc1ncc[nH]1. The molecule has 0 fully saturated rings. The van der Waals surface area contributed by atoms with Crippen molar-refractivity contribution >= 4 is 0 Å². The largest absolute Gasteiger partial charge is 0.349 e. The second-order valence-electron chi connectivity index (χ2n) is 2.28. The second kappa shape index (κ2) is 4.68. The molecule has 0 saturated heterocycles. The molecule has 0 amide bonds. The van der Waals surface area contributed by atoms with Crippen molar-refractivity contribution in [2.75, 3.05) is 13.1 Å². The molecule has 0 spiro atoms. The van der Waals surface area contributed by atoms with Gasteiger partial charge in [-0.25, -0.2) is 4.98 Å². The summed E-state index contributed by atoms with van der Waals surface area (Å²) in [5.74, 6) is 1.03. The van der Waals surface area contributed by atoms with Crippen LogP contribution in [-0.4, -0.2) is 23.1 Å². The number of imidazole rings is 1. The van der Waals surface area contributed by atoms with Gasteiger partial charge in [0.1, 0.15) is 5.82 Å². The van der Waals surface area contributed by atoms with Gasteiger partial charge in [0.05, 0.1) is 0 Å². The van der Waals surface area contributed by atoms with Gasteiger partial charge in [0.25, 0.3) is 0 Å². The van der Waals surface area contributed by atoms with E-state index >= 15 is 0 Å². The minimum absolute atomic E-state index is 0.862. The average Bonchev–Trinajstić information content (AvgIpc) is 2.50. The third kappa shape index (κ3) is 3.00. The summed E-state index contributed by atoms with van der Waals surface area (Å²) in [6.45, 7) is 5.42. The van der Waals surface area contributed by atoms with Gasteiger partial charge in [-0.15, -0.1) is 6.58 Å². The van der Waals surface area contributed by atoms with Gasteiger partial charge in [0, 0.05) is 31.9 Å². The van der Waals surface area contributed by atoms with Crippen molar-refractivity contribution in [1.29, 1.82) is 0 Å². The van der Waals surface area contributed by atoms with Gasteiger partial charge in [-0.1, -0.05) is 6.08 Å². The van der Waals surface area contributed by atoms with E-state index in [1.54, 1.807) is 6.20 Å². The molecular weight excluding hydrogens is 138 g/mol. The second-order valence-corrected chi connectivity index (χ2v) is 2.28. The van der Waals surface area contributed by atoms with Crippen LogP contribution in [0.4, 0.5) is 0 Å². The summed E-state index contributed by atoms with van der Waals surface area (Å²) in [7, 11) is 0. The maximum Gasteiger partial charge on any atom is 0.107 e. The van der Waals surface area contributed by atoms with E-state index in [1.165, 1.54) is 0 Å². The first-order valence-electron chi connectivity index (χ1n) is 3.73. The molecule has 0 aliphatic rings. The fourth-order valence-corrected chi connectivity index (χ4v) is 0.846. The summed E-state index contributed by atoms with van der Waals surface area (Å²) in [6.07, 6.45) is 6.40. The third-order valence-electron chi connectivity index (χ3n) is 1.38. The molecule has 0 unspecified atom stereocenters. The predicted molar refractivity (Wildman–Crippen MR) is 45.4 cm³/mol. The lowest BCUT2D eigenvalue weighted by Gasteiger charge is -1.97. The lowest BCUT2D eigenvalue weighted by molar-refractivity contribution is 0.725. The fraction of sp³-hybridized carbons (Fsp3) is 0.375. The first kappa shape index (κ1) is 8.01. The predicted octanol–water partition coefficient (Wildman–Crippen LogP) is 0.728. The van der Waals surface area contributed by atoms with E-state index in [2.05, 4.69) is 21.9 Å². The van der Waals surface area contributed by atoms with E-state index in [1.807, 2.05) is 12.3 Å². The van der Waals surface area contributed by atoms with Gasteiger partial charge < -0.3 is 10.3 Å².